The maximum absolute atomic E-state index is 5.16. The van der Waals surface area contributed by atoms with Gasteiger partial charge >= 0.3 is 0 Å². The molecule has 13 heavy (non-hydrogen) atoms. The maximum atomic E-state index is 5.16. The van der Waals surface area contributed by atoms with E-state index >= 15 is 0 Å². The summed E-state index contributed by atoms with van der Waals surface area (Å²) in [7, 11) is 3.64. The van der Waals surface area contributed by atoms with Crippen molar-refractivity contribution in [3.63, 3.8) is 0 Å². The Kier molecular flexibility index (Phi) is 2.96. The molecule has 0 nitrogen and oxygen atoms in total. The Morgan fingerprint density at radius 2 is 2.00 bits per heavy atom. The molecule has 1 fully saturated rings. The normalized spacial score (nSPS) is 22.2. The van der Waals surface area contributed by atoms with Crippen molar-refractivity contribution in [2.45, 2.75) is 18.6 Å². The Hall–Kier alpha value is 0.01000. The van der Waals surface area contributed by atoms with Crippen LogP contribution in [-0.2, 0) is 0 Å². The molecule has 1 atom stereocenters. The first-order chi connectivity index (χ1) is 6.25. The molecule has 0 amide bonds. The molecule has 1 aromatic carbocycles. The summed E-state index contributed by atoms with van der Waals surface area (Å²) in [5, 5.41) is 0.582. The summed E-state index contributed by atoms with van der Waals surface area (Å²) in [6.07, 6.45) is 1.05. The fourth-order valence-electron chi connectivity index (χ4n) is 1.29. The zero-order valence-corrected chi connectivity index (χ0v) is 9.77. The Labute approximate surface area is 91.9 Å². The molecule has 1 saturated heterocycles. The number of thiocarbonyl (C=S) groups is 1. The lowest BCUT2D eigenvalue weighted by molar-refractivity contribution is 1.04. The molecule has 68 valence electrons. The Bertz CT molecular complexity index is 315. The number of hydrogen-bond acceptors (Lipinski definition) is 3. The average molecular weight is 226 g/mol. The molecular formula is C10H10S3. The van der Waals surface area contributed by atoms with Gasteiger partial charge in [-0.2, -0.15) is 0 Å². The summed E-state index contributed by atoms with van der Waals surface area (Å²) in [6, 6.07) is 8.76. The van der Waals surface area contributed by atoms with Crippen molar-refractivity contribution in [3.05, 3.63) is 35.4 Å². The van der Waals surface area contributed by atoms with Gasteiger partial charge < -0.3 is 0 Å². The van der Waals surface area contributed by atoms with Crippen molar-refractivity contribution >= 4 is 38.0 Å². The number of aryl methyl sites for hydroxylation is 1. The standard InChI is InChI=1S/C10H10S3/c1-7-2-4-8(5-3-7)9-6-10(11)13-12-9/h2-5,9H,6H2,1H3. The molecule has 0 bridgehead atoms. The highest BCUT2D eigenvalue weighted by Crippen LogP contribution is 2.49. The van der Waals surface area contributed by atoms with Crippen molar-refractivity contribution in [2.24, 2.45) is 0 Å². The van der Waals surface area contributed by atoms with Crippen molar-refractivity contribution in [3.8, 4) is 0 Å². The van der Waals surface area contributed by atoms with Gasteiger partial charge in [-0.3, -0.25) is 0 Å². The first-order valence-electron chi connectivity index (χ1n) is 4.18. The van der Waals surface area contributed by atoms with Gasteiger partial charge in [-0.25, -0.2) is 0 Å². The summed E-state index contributed by atoms with van der Waals surface area (Å²) < 4.78 is 1.13. The SMILES string of the molecule is Cc1ccc(C2CC(=S)SS2)cc1. The molecule has 1 heterocycles. The molecule has 1 aliphatic heterocycles. The Morgan fingerprint density at radius 3 is 2.54 bits per heavy atom. The van der Waals surface area contributed by atoms with E-state index in [1.807, 2.05) is 10.8 Å². The van der Waals surface area contributed by atoms with E-state index in [-0.39, 0.29) is 0 Å². The molecule has 2 rings (SSSR count). The first kappa shape index (κ1) is 9.56. The Morgan fingerprint density at radius 1 is 1.31 bits per heavy atom. The second kappa shape index (κ2) is 4.03. The van der Waals surface area contributed by atoms with Crippen molar-refractivity contribution < 1.29 is 0 Å². The van der Waals surface area contributed by atoms with Crippen LogP contribution in [0.4, 0.5) is 0 Å². The summed E-state index contributed by atoms with van der Waals surface area (Å²) in [5.41, 5.74) is 2.73. The smallest absolute Gasteiger partial charge is 0.0602 e. The van der Waals surface area contributed by atoms with Crippen LogP contribution in [0.3, 0.4) is 0 Å². The maximum Gasteiger partial charge on any atom is 0.0602 e. The average Bonchev–Trinajstić information content (AvgIpc) is 2.53. The van der Waals surface area contributed by atoms with Crippen molar-refractivity contribution in [1.82, 2.24) is 0 Å². The van der Waals surface area contributed by atoms with E-state index in [1.54, 1.807) is 10.8 Å². The molecule has 0 saturated carbocycles. The summed E-state index contributed by atoms with van der Waals surface area (Å²) in [5.74, 6) is 0. The van der Waals surface area contributed by atoms with Gasteiger partial charge in [0.25, 0.3) is 0 Å². The summed E-state index contributed by atoms with van der Waals surface area (Å²) in [4.78, 5) is 0. The van der Waals surface area contributed by atoms with Crippen LogP contribution in [0.2, 0.25) is 0 Å². The largest absolute Gasteiger partial charge is 0.0798 e. The van der Waals surface area contributed by atoms with E-state index in [9.17, 15) is 0 Å². The molecule has 3 heteroatoms. The quantitative estimate of drug-likeness (QED) is 0.521. The van der Waals surface area contributed by atoms with Gasteiger partial charge in [-0.05, 0) is 23.3 Å². The van der Waals surface area contributed by atoms with E-state index in [0.717, 1.165) is 10.6 Å². The number of benzene rings is 1. The van der Waals surface area contributed by atoms with Crippen LogP contribution in [0.25, 0.3) is 0 Å². The molecule has 0 N–H and O–H groups in total. The lowest BCUT2D eigenvalue weighted by atomic mass is 10.1. The minimum absolute atomic E-state index is 0.582. The fourth-order valence-corrected chi connectivity index (χ4v) is 4.39. The molecule has 0 aromatic heterocycles. The van der Waals surface area contributed by atoms with Gasteiger partial charge in [0, 0.05) is 11.7 Å². The molecule has 0 aliphatic carbocycles. The van der Waals surface area contributed by atoms with Gasteiger partial charge in [-0.15, -0.1) is 0 Å². The van der Waals surface area contributed by atoms with Crippen LogP contribution in [0.15, 0.2) is 24.3 Å². The third-order valence-corrected chi connectivity index (χ3v) is 5.50. The van der Waals surface area contributed by atoms with E-state index in [2.05, 4.69) is 31.2 Å². The molecule has 0 spiro atoms. The molecule has 1 unspecified atom stereocenters. The highest BCUT2D eigenvalue weighted by atomic mass is 33.1. The lowest BCUT2D eigenvalue weighted by Crippen LogP contribution is -1.90. The predicted molar refractivity (Wildman–Crippen MR) is 66.3 cm³/mol. The monoisotopic (exact) mass is 226 g/mol. The molecular weight excluding hydrogens is 216 g/mol. The predicted octanol–water partition coefficient (Wildman–Crippen LogP) is 4.15. The van der Waals surface area contributed by atoms with Gasteiger partial charge in [0.1, 0.15) is 0 Å². The van der Waals surface area contributed by atoms with E-state index in [1.165, 1.54) is 11.1 Å². The van der Waals surface area contributed by atoms with E-state index in [0.29, 0.717) is 5.25 Å². The Balaban J connectivity index is 2.17. The molecule has 1 aliphatic rings. The van der Waals surface area contributed by atoms with Gasteiger partial charge in [-0.1, -0.05) is 52.8 Å². The van der Waals surface area contributed by atoms with Crippen LogP contribution in [0.5, 0.6) is 0 Å². The molecule has 1 aromatic rings. The van der Waals surface area contributed by atoms with Crippen LogP contribution in [0.1, 0.15) is 22.8 Å². The zero-order valence-electron chi connectivity index (χ0n) is 7.32. The highest BCUT2D eigenvalue weighted by molar-refractivity contribution is 8.84. The summed E-state index contributed by atoms with van der Waals surface area (Å²) in [6.45, 7) is 2.12. The second-order valence-corrected chi connectivity index (χ2v) is 6.40. The molecule has 0 radical (unpaired) electrons. The van der Waals surface area contributed by atoms with Gasteiger partial charge in [0.15, 0.2) is 0 Å². The summed E-state index contributed by atoms with van der Waals surface area (Å²) >= 11 is 5.16. The van der Waals surface area contributed by atoms with Gasteiger partial charge in [0.2, 0.25) is 0 Å². The van der Waals surface area contributed by atoms with Crippen molar-refractivity contribution in [1.29, 1.82) is 0 Å². The minimum atomic E-state index is 0.582. The number of hydrogen-bond donors (Lipinski definition) is 0. The lowest BCUT2D eigenvalue weighted by Gasteiger charge is -2.06. The third-order valence-electron chi connectivity index (χ3n) is 2.06. The van der Waals surface area contributed by atoms with E-state index in [4.69, 9.17) is 12.2 Å². The van der Waals surface area contributed by atoms with Gasteiger partial charge in [0.05, 0.1) is 4.20 Å². The topological polar surface area (TPSA) is 0 Å². The first-order valence-corrected chi connectivity index (χ1v) is 6.80. The third kappa shape index (κ3) is 2.27. The van der Waals surface area contributed by atoms with Crippen molar-refractivity contribution in [2.75, 3.05) is 0 Å². The number of rotatable bonds is 1. The minimum Gasteiger partial charge on any atom is -0.0798 e. The van der Waals surface area contributed by atoms with E-state index < -0.39 is 0 Å². The second-order valence-electron chi connectivity index (χ2n) is 3.16. The van der Waals surface area contributed by atoms with Crippen LogP contribution >= 0.6 is 33.8 Å². The fraction of sp³-hybridized carbons (Fsp3) is 0.300. The van der Waals surface area contributed by atoms with Crippen LogP contribution in [-0.4, -0.2) is 4.20 Å². The zero-order chi connectivity index (χ0) is 9.26. The van der Waals surface area contributed by atoms with Crippen LogP contribution < -0.4 is 0 Å². The highest BCUT2D eigenvalue weighted by Gasteiger charge is 2.22. The van der Waals surface area contributed by atoms with Crippen LogP contribution in [0, 0.1) is 6.92 Å².